The third-order valence-electron chi connectivity index (χ3n) is 5.44. The fraction of sp³-hybridized carbons (Fsp3) is 0.286. The number of imidazole rings is 1. The number of nitrogens with zero attached hydrogens (tertiary/aromatic N) is 4. The van der Waals surface area contributed by atoms with Crippen molar-refractivity contribution in [2.24, 2.45) is 0 Å². The van der Waals surface area contributed by atoms with Crippen LogP contribution in [0.2, 0.25) is 5.02 Å². The minimum absolute atomic E-state index is 0.0332. The Hall–Kier alpha value is -3.17. The Labute approximate surface area is 195 Å². The van der Waals surface area contributed by atoms with Crippen molar-refractivity contribution in [1.29, 1.82) is 5.26 Å². The molecule has 1 atom stereocenters. The Morgan fingerprint density at radius 3 is 2.82 bits per heavy atom. The van der Waals surface area contributed by atoms with E-state index in [-0.39, 0.29) is 37.3 Å². The third-order valence-corrected chi connectivity index (χ3v) is 7.32. The van der Waals surface area contributed by atoms with Gasteiger partial charge in [0.2, 0.25) is 11.1 Å². The quantitative estimate of drug-likeness (QED) is 0.502. The molecule has 2 heterocycles. The molecule has 0 bridgehead atoms. The number of aromatic nitrogens is 2. The minimum Gasteiger partial charge on any atom is -0.398 e. The zero-order chi connectivity index (χ0) is 23.8. The number of H-pyrrole nitrogens is 1. The van der Waals surface area contributed by atoms with Crippen LogP contribution in [0.3, 0.4) is 0 Å². The van der Waals surface area contributed by atoms with Gasteiger partial charge < -0.3 is 20.4 Å². The van der Waals surface area contributed by atoms with E-state index in [1.807, 2.05) is 6.07 Å². The zero-order valence-electron chi connectivity index (χ0n) is 17.7. The SMILES string of the molecule is COCC1CN(S(=O)(=O)c2nc3ccc(Cl)cc3[nH]2)CC(=O)N1Cc1ccc(C#N)c(N)c1. The molecule has 1 aromatic heterocycles. The van der Waals surface area contributed by atoms with Crippen molar-refractivity contribution >= 4 is 44.3 Å². The van der Waals surface area contributed by atoms with Crippen LogP contribution in [0.25, 0.3) is 11.0 Å². The molecule has 3 aromatic rings. The number of nitrogen functional groups attached to an aromatic ring is 1. The number of aromatic amines is 1. The summed E-state index contributed by atoms with van der Waals surface area (Å²) in [5.41, 5.74) is 8.22. The second-order valence-electron chi connectivity index (χ2n) is 7.67. The number of fused-ring (bicyclic) bond motifs is 1. The molecule has 0 saturated carbocycles. The maximum absolute atomic E-state index is 13.3. The van der Waals surface area contributed by atoms with Crippen molar-refractivity contribution in [3.8, 4) is 6.07 Å². The van der Waals surface area contributed by atoms with Gasteiger partial charge in [-0.05, 0) is 35.9 Å². The van der Waals surface area contributed by atoms with E-state index < -0.39 is 16.1 Å². The Kier molecular flexibility index (Phi) is 6.27. The van der Waals surface area contributed by atoms with Gasteiger partial charge in [-0.15, -0.1) is 0 Å². The first-order valence-electron chi connectivity index (χ1n) is 9.95. The van der Waals surface area contributed by atoms with Crippen LogP contribution in [-0.2, 0) is 26.1 Å². The highest BCUT2D eigenvalue weighted by Crippen LogP contribution is 2.25. The van der Waals surface area contributed by atoms with Crippen molar-refractivity contribution in [2.45, 2.75) is 17.7 Å². The summed E-state index contributed by atoms with van der Waals surface area (Å²) in [6, 6.07) is 11.2. The summed E-state index contributed by atoms with van der Waals surface area (Å²) in [5, 5.41) is 9.25. The van der Waals surface area contributed by atoms with Gasteiger partial charge in [0.15, 0.2) is 0 Å². The zero-order valence-corrected chi connectivity index (χ0v) is 19.2. The summed E-state index contributed by atoms with van der Waals surface area (Å²) in [7, 11) is -2.58. The molecule has 1 unspecified atom stereocenters. The van der Waals surface area contributed by atoms with Crippen molar-refractivity contribution in [1.82, 2.24) is 19.2 Å². The van der Waals surface area contributed by atoms with Crippen LogP contribution in [0.4, 0.5) is 5.69 Å². The first-order chi connectivity index (χ1) is 15.7. The number of hydrogen-bond acceptors (Lipinski definition) is 7. The van der Waals surface area contributed by atoms with Gasteiger partial charge in [-0.2, -0.15) is 9.57 Å². The number of ether oxygens (including phenoxy) is 1. The van der Waals surface area contributed by atoms with Crippen molar-refractivity contribution in [3.05, 3.63) is 52.5 Å². The lowest BCUT2D eigenvalue weighted by Gasteiger charge is -2.39. The second kappa shape index (κ2) is 8.99. The number of halogens is 1. The summed E-state index contributed by atoms with van der Waals surface area (Å²) >= 11 is 5.98. The number of nitriles is 1. The lowest BCUT2D eigenvalue weighted by molar-refractivity contribution is -0.139. The summed E-state index contributed by atoms with van der Waals surface area (Å²) in [5.74, 6) is -0.381. The average molecular weight is 489 g/mol. The van der Waals surface area contributed by atoms with Crippen molar-refractivity contribution < 1.29 is 17.9 Å². The molecule has 3 N–H and O–H groups in total. The molecule has 10 nitrogen and oxygen atoms in total. The smallest absolute Gasteiger partial charge is 0.277 e. The maximum atomic E-state index is 13.3. The van der Waals surface area contributed by atoms with Crippen LogP contribution in [0.1, 0.15) is 11.1 Å². The van der Waals surface area contributed by atoms with Crippen LogP contribution >= 0.6 is 11.6 Å². The number of hydrogen-bond donors (Lipinski definition) is 2. The molecule has 2 aromatic carbocycles. The Balaban J connectivity index is 1.59. The summed E-state index contributed by atoms with van der Waals surface area (Å²) in [4.78, 5) is 21.5. The molecule has 1 aliphatic rings. The molecule has 1 amide bonds. The second-order valence-corrected chi connectivity index (χ2v) is 9.95. The van der Waals surface area contributed by atoms with E-state index >= 15 is 0 Å². The van der Waals surface area contributed by atoms with Gasteiger partial charge in [0.05, 0.1) is 35.8 Å². The fourth-order valence-corrected chi connectivity index (χ4v) is 5.31. The molecular formula is C21H21ClN6O4S. The van der Waals surface area contributed by atoms with E-state index in [0.717, 1.165) is 9.87 Å². The highest BCUT2D eigenvalue weighted by atomic mass is 35.5. The molecule has 12 heteroatoms. The molecular weight excluding hydrogens is 468 g/mol. The number of piperazine rings is 1. The van der Waals surface area contributed by atoms with E-state index in [4.69, 9.17) is 27.3 Å². The highest BCUT2D eigenvalue weighted by Gasteiger charge is 2.39. The number of nitrogens with two attached hydrogens (primary N) is 1. The highest BCUT2D eigenvalue weighted by molar-refractivity contribution is 7.89. The lowest BCUT2D eigenvalue weighted by atomic mass is 10.1. The van der Waals surface area contributed by atoms with E-state index in [2.05, 4.69) is 9.97 Å². The number of rotatable bonds is 6. The lowest BCUT2D eigenvalue weighted by Crippen LogP contribution is -2.58. The van der Waals surface area contributed by atoms with E-state index in [0.29, 0.717) is 27.3 Å². The summed E-state index contributed by atoms with van der Waals surface area (Å²) < 4.78 is 32.9. The molecule has 0 spiro atoms. The van der Waals surface area contributed by atoms with Crippen LogP contribution in [0, 0.1) is 11.3 Å². The number of anilines is 1. The number of carbonyl (C=O) groups is 1. The largest absolute Gasteiger partial charge is 0.398 e. The molecule has 1 fully saturated rings. The van der Waals surface area contributed by atoms with Gasteiger partial charge in [0, 0.05) is 30.9 Å². The number of sulfonamides is 1. The Bertz CT molecular complexity index is 1370. The fourth-order valence-electron chi connectivity index (χ4n) is 3.79. The van der Waals surface area contributed by atoms with Crippen molar-refractivity contribution in [2.75, 3.05) is 32.5 Å². The molecule has 1 aliphatic heterocycles. The average Bonchev–Trinajstić information content (AvgIpc) is 3.20. The van der Waals surface area contributed by atoms with Gasteiger partial charge >= 0.3 is 0 Å². The standard InChI is InChI=1S/C21H21ClN6O4S/c1-32-12-16-10-27(33(30,31)21-25-18-5-4-15(22)7-19(18)26-21)11-20(29)28(16)9-13-2-3-14(8-23)17(24)6-13/h2-7,16H,9-12,24H2,1H3,(H,25,26). The van der Waals surface area contributed by atoms with Gasteiger partial charge in [-0.3, -0.25) is 4.79 Å². The molecule has 0 aliphatic carbocycles. The van der Waals surface area contributed by atoms with Crippen LogP contribution < -0.4 is 5.73 Å². The molecule has 172 valence electrons. The predicted octanol–water partition coefficient (Wildman–Crippen LogP) is 1.72. The van der Waals surface area contributed by atoms with Gasteiger partial charge in [-0.25, -0.2) is 13.4 Å². The van der Waals surface area contributed by atoms with E-state index in [1.54, 1.807) is 41.3 Å². The third kappa shape index (κ3) is 4.51. The predicted molar refractivity (Wildman–Crippen MR) is 122 cm³/mol. The number of amides is 1. The molecule has 1 saturated heterocycles. The van der Waals surface area contributed by atoms with Crippen LogP contribution in [-0.4, -0.2) is 66.3 Å². The summed E-state index contributed by atoms with van der Waals surface area (Å²) in [6.07, 6.45) is 0. The number of benzene rings is 2. The number of nitrogens with one attached hydrogen (secondary N) is 1. The Morgan fingerprint density at radius 2 is 2.12 bits per heavy atom. The normalized spacial score (nSPS) is 17.4. The number of carbonyl (C=O) groups excluding carboxylic acids is 1. The number of methoxy groups -OCH3 is 1. The maximum Gasteiger partial charge on any atom is 0.277 e. The van der Waals surface area contributed by atoms with Crippen molar-refractivity contribution in [3.63, 3.8) is 0 Å². The van der Waals surface area contributed by atoms with Gasteiger partial charge in [-0.1, -0.05) is 17.7 Å². The topological polar surface area (TPSA) is 145 Å². The Morgan fingerprint density at radius 1 is 1.33 bits per heavy atom. The minimum atomic E-state index is -4.07. The van der Waals surface area contributed by atoms with E-state index in [9.17, 15) is 13.2 Å². The first kappa shape index (κ1) is 23.0. The van der Waals surface area contributed by atoms with E-state index in [1.165, 1.54) is 7.11 Å². The molecule has 33 heavy (non-hydrogen) atoms. The van der Waals surface area contributed by atoms with Crippen LogP contribution in [0.5, 0.6) is 0 Å². The monoisotopic (exact) mass is 488 g/mol. The van der Waals surface area contributed by atoms with Gasteiger partial charge in [0.25, 0.3) is 10.0 Å². The first-order valence-corrected chi connectivity index (χ1v) is 11.8. The summed E-state index contributed by atoms with van der Waals surface area (Å²) in [6.45, 7) is 0.0383. The molecule has 0 radical (unpaired) electrons. The van der Waals surface area contributed by atoms with Crippen LogP contribution in [0.15, 0.2) is 41.6 Å². The van der Waals surface area contributed by atoms with Gasteiger partial charge in [0.1, 0.15) is 6.07 Å². The molecule has 4 rings (SSSR count).